The molecule has 92 valence electrons. The van der Waals surface area contributed by atoms with Crippen molar-refractivity contribution >= 4 is 0 Å². The molecule has 1 rings (SSSR count). The van der Waals surface area contributed by atoms with Gasteiger partial charge in [0, 0.05) is 18.0 Å². The standard InChI is InChI=1S/C14H25NO/c1-5-14-12(9-10-16-14)13(15-4)8-6-7-11(2)3/h9-11,13,15H,5-8H2,1-4H3. The van der Waals surface area contributed by atoms with Crippen molar-refractivity contribution in [2.45, 2.75) is 52.5 Å². The molecule has 1 heterocycles. The third-order valence-corrected chi connectivity index (χ3v) is 3.10. The van der Waals surface area contributed by atoms with Gasteiger partial charge in [-0.05, 0) is 25.5 Å². The predicted octanol–water partition coefficient (Wildman–Crippen LogP) is 3.93. The van der Waals surface area contributed by atoms with Crippen LogP contribution in [0.25, 0.3) is 0 Å². The largest absolute Gasteiger partial charge is 0.469 e. The van der Waals surface area contributed by atoms with Gasteiger partial charge in [-0.2, -0.15) is 0 Å². The van der Waals surface area contributed by atoms with Crippen LogP contribution in [0.4, 0.5) is 0 Å². The summed E-state index contributed by atoms with van der Waals surface area (Å²) in [6.07, 6.45) is 6.56. The van der Waals surface area contributed by atoms with Crippen molar-refractivity contribution in [2.75, 3.05) is 7.05 Å². The van der Waals surface area contributed by atoms with Gasteiger partial charge < -0.3 is 9.73 Å². The van der Waals surface area contributed by atoms with E-state index in [9.17, 15) is 0 Å². The molecular formula is C14H25NO. The minimum atomic E-state index is 0.451. The van der Waals surface area contributed by atoms with Crippen LogP contribution in [0.1, 0.15) is 57.4 Å². The van der Waals surface area contributed by atoms with Crippen molar-refractivity contribution in [2.24, 2.45) is 5.92 Å². The highest BCUT2D eigenvalue weighted by Crippen LogP contribution is 2.25. The maximum absolute atomic E-state index is 5.48. The van der Waals surface area contributed by atoms with Crippen molar-refractivity contribution in [1.82, 2.24) is 5.32 Å². The maximum Gasteiger partial charge on any atom is 0.108 e. The lowest BCUT2D eigenvalue weighted by Gasteiger charge is -2.16. The van der Waals surface area contributed by atoms with Gasteiger partial charge >= 0.3 is 0 Å². The van der Waals surface area contributed by atoms with Gasteiger partial charge in [0.2, 0.25) is 0 Å². The third-order valence-electron chi connectivity index (χ3n) is 3.10. The zero-order valence-corrected chi connectivity index (χ0v) is 11.0. The number of aryl methyl sites for hydroxylation is 1. The van der Waals surface area contributed by atoms with Gasteiger partial charge in [0.25, 0.3) is 0 Å². The van der Waals surface area contributed by atoms with Gasteiger partial charge in [0.05, 0.1) is 6.26 Å². The Balaban J connectivity index is 2.53. The van der Waals surface area contributed by atoms with Crippen molar-refractivity contribution in [1.29, 1.82) is 0 Å². The van der Waals surface area contributed by atoms with Gasteiger partial charge in [0.15, 0.2) is 0 Å². The minimum absolute atomic E-state index is 0.451. The van der Waals surface area contributed by atoms with Crippen LogP contribution < -0.4 is 5.32 Å². The lowest BCUT2D eigenvalue weighted by atomic mass is 9.98. The van der Waals surface area contributed by atoms with Crippen molar-refractivity contribution < 1.29 is 4.42 Å². The molecule has 0 fully saturated rings. The van der Waals surface area contributed by atoms with E-state index in [-0.39, 0.29) is 0 Å². The zero-order valence-electron chi connectivity index (χ0n) is 11.0. The second kappa shape index (κ2) is 6.74. The van der Waals surface area contributed by atoms with E-state index in [1.54, 1.807) is 6.26 Å². The van der Waals surface area contributed by atoms with Crippen LogP contribution >= 0.6 is 0 Å². The van der Waals surface area contributed by atoms with Gasteiger partial charge in [-0.1, -0.05) is 33.6 Å². The third kappa shape index (κ3) is 3.67. The second-order valence-electron chi connectivity index (χ2n) is 4.82. The Bertz CT molecular complexity index is 291. The summed E-state index contributed by atoms with van der Waals surface area (Å²) < 4.78 is 5.48. The van der Waals surface area contributed by atoms with E-state index in [2.05, 4.69) is 32.2 Å². The first-order chi connectivity index (χ1) is 7.69. The Morgan fingerprint density at radius 3 is 2.62 bits per heavy atom. The summed E-state index contributed by atoms with van der Waals surface area (Å²) in [5.74, 6) is 1.93. The molecule has 0 amide bonds. The Hall–Kier alpha value is -0.760. The van der Waals surface area contributed by atoms with Crippen LogP contribution in [0.3, 0.4) is 0 Å². The maximum atomic E-state index is 5.48. The SMILES string of the molecule is CCc1occc1C(CCCC(C)C)NC. The number of furan rings is 1. The molecular weight excluding hydrogens is 198 g/mol. The predicted molar refractivity (Wildman–Crippen MR) is 68.6 cm³/mol. The molecule has 1 N–H and O–H groups in total. The fraction of sp³-hybridized carbons (Fsp3) is 0.714. The highest BCUT2D eigenvalue weighted by atomic mass is 16.3. The number of hydrogen-bond acceptors (Lipinski definition) is 2. The lowest BCUT2D eigenvalue weighted by molar-refractivity contribution is 0.454. The highest BCUT2D eigenvalue weighted by molar-refractivity contribution is 5.21. The molecule has 1 unspecified atom stereocenters. The van der Waals surface area contributed by atoms with E-state index in [0.29, 0.717) is 6.04 Å². The topological polar surface area (TPSA) is 25.2 Å². The molecule has 0 bridgehead atoms. The molecule has 0 saturated heterocycles. The van der Waals surface area contributed by atoms with Gasteiger partial charge in [-0.15, -0.1) is 0 Å². The monoisotopic (exact) mass is 223 g/mol. The van der Waals surface area contributed by atoms with Crippen LogP contribution in [-0.2, 0) is 6.42 Å². The first-order valence-electron chi connectivity index (χ1n) is 6.42. The molecule has 0 radical (unpaired) electrons. The van der Waals surface area contributed by atoms with Crippen molar-refractivity contribution in [3.63, 3.8) is 0 Å². The van der Waals surface area contributed by atoms with E-state index in [0.717, 1.165) is 18.1 Å². The smallest absolute Gasteiger partial charge is 0.108 e. The molecule has 0 aromatic carbocycles. The van der Waals surface area contributed by atoms with Crippen LogP contribution in [-0.4, -0.2) is 7.05 Å². The van der Waals surface area contributed by atoms with E-state index < -0.39 is 0 Å². The first kappa shape index (κ1) is 13.3. The van der Waals surface area contributed by atoms with Crippen molar-refractivity contribution in [3.8, 4) is 0 Å². The summed E-state index contributed by atoms with van der Waals surface area (Å²) in [6.45, 7) is 6.70. The second-order valence-corrected chi connectivity index (χ2v) is 4.82. The number of rotatable bonds is 7. The lowest BCUT2D eigenvalue weighted by Crippen LogP contribution is -2.17. The van der Waals surface area contributed by atoms with Crippen LogP contribution in [0.15, 0.2) is 16.7 Å². The molecule has 0 aliphatic rings. The average Bonchev–Trinajstić information content (AvgIpc) is 2.72. The Morgan fingerprint density at radius 2 is 2.06 bits per heavy atom. The van der Waals surface area contributed by atoms with E-state index in [1.165, 1.54) is 24.8 Å². The summed E-state index contributed by atoms with van der Waals surface area (Å²) in [7, 11) is 2.03. The fourth-order valence-corrected chi connectivity index (χ4v) is 2.13. The van der Waals surface area contributed by atoms with E-state index in [1.807, 2.05) is 7.05 Å². The molecule has 1 aromatic heterocycles. The van der Waals surface area contributed by atoms with E-state index in [4.69, 9.17) is 4.42 Å². The van der Waals surface area contributed by atoms with Gasteiger partial charge in [0.1, 0.15) is 5.76 Å². The Labute approximate surface area is 99.4 Å². The highest BCUT2D eigenvalue weighted by Gasteiger charge is 2.14. The minimum Gasteiger partial charge on any atom is -0.469 e. The van der Waals surface area contributed by atoms with Crippen LogP contribution in [0.2, 0.25) is 0 Å². The molecule has 0 saturated carbocycles. The molecule has 0 aliphatic heterocycles. The summed E-state index contributed by atoms with van der Waals surface area (Å²) in [6, 6.07) is 2.56. The summed E-state index contributed by atoms with van der Waals surface area (Å²) in [5.41, 5.74) is 1.34. The molecule has 1 aromatic rings. The van der Waals surface area contributed by atoms with Gasteiger partial charge in [-0.3, -0.25) is 0 Å². The number of nitrogens with one attached hydrogen (secondary N) is 1. The molecule has 16 heavy (non-hydrogen) atoms. The van der Waals surface area contributed by atoms with E-state index >= 15 is 0 Å². The van der Waals surface area contributed by atoms with Gasteiger partial charge in [-0.25, -0.2) is 0 Å². The molecule has 0 aliphatic carbocycles. The first-order valence-corrected chi connectivity index (χ1v) is 6.42. The fourth-order valence-electron chi connectivity index (χ4n) is 2.13. The molecule has 1 atom stereocenters. The summed E-state index contributed by atoms with van der Waals surface area (Å²) >= 11 is 0. The average molecular weight is 223 g/mol. The molecule has 2 nitrogen and oxygen atoms in total. The molecule has 2 heteroatoms. The van der Waals surface area contributed by atoms with Crippen LogP contribution in [0.5, 0.6) is 0 Å². The summed E-state index contributed by atoms with van der Waals surface area (Å²) in [5, 5.41) is 3.39. The Kier molecular flexibility index (Phi) is 5.61. The quantitative estimate of drug-likeness (QED) is 0.757. The normalized spacial score (nSPS) is 13.3. The summed E-state index contributed by atoms with van der Waals surface area (Å²) in [4.78, 5) is 0. The van der Waals surface area contributed by atoms with Crippen LogP contribution in [0, 0.1) is 5.92 Å². The zero-order chi connectivity index (χ0) is 12.0. The molecule has 0 spiro atoms. The number of hydrogen-bond donors (Lipinski definition) is 1. The Morgan fingerprint density at radius 1 is 1.31 bits per heavy atom. The van der Waals surface area contributed by atoms with Crippen molar-refractivity contribution in [3.05, 3.63) is 23.7 Å².